The highest BCUT2D eigenvalue weighted by atomic mass is 16.8. The molecule has 0 aromatic heterocycles. The van der Waals surface area contributed by atoms with Crippen LogP contribution in [0.15, 0.2) is 23.5 Å². The highest BCUT2D eigenvalue weighted by Gasteiger charge is 2.46. The molecule has 2 heterocycles. The Hall–Kier alpha value is -1.49. The van der Waals surface area contributed by atoms with Crippen LogP contribution >= 0.6 is 0 Å². The largest absolute Gasteiger partial charge is 0.468 e. The van der Waals surface area contributed by atoms with E-state index in [1.54, 1.807) is 13.0 Å². The maximum absolute atomic E-state index is 12.0. The number of carbonyl (C=O) groups is 1. The SMILES string of the molecule is C/C=C1/C(O[C@H]2O[C@H](CO)[C@H](O)[C@H](O)[C@@H]2O)OC=C(C(=O)OC)C1CCC. The molecule has 7 atom stereocenters. The summed E-state index contributed by atoms with van der Waals surface area (Å²) in [7, 11) is 1.29. The van der Waals surface area contributed by atoms with Gasteiger partial charge in [0.15, 0.2) is 6.29 Å². The zero-order valence-corrected chi connectivity index (χ0v) is 15.6. The van der Waals surface area contributed by atoms with Gasteiger partial charge < -0.3 is 39.4 Å². The summed E-state index contributed by atoms with van der Waals surface area (Å²) >= 11 is 0. The van der Waals surface area contributed by atoms with Crippen LogP contribution in [0.1, 0.15) is 26.7 Å². The predicted octanol–water partition coefficient (Wildman–Crippen LogP) is -0.421. The van der Waals surface area contributed by atoms with Crippen LogP contribution in [0.5, 0.6) is 0 Å². The van der Waals surface area contributed by atoms with Crippen LogP contribution < -0.4 is 0 Å². The lowest BCUT2D eigenvalue weighted by molar-refractivity contribution is -0.327. The second kappa shape index (κ2) is 9.63. The number of ether oxygens (including phenoxy) is 4. The highest BCUT2D eigenvalue weighted by Crippen LogP contribution is 2.36. The molecule has 0 radical (unpaired) electrons. The first-order valence-corrected chi connectivity index (χ1v) is 8.95. The van der Waals surface area contributed by atoms with Crippen molar-refractivity contribution in [2.24, 2.45) is 5.92 Å². The van der Waals surface area contributed by atoms with E-state index in [-0.39, 0.29) is 5.92 Å². The number of methoxy groups -OCH3 is 1. The molecular formula is C18H28O9. The van der Waals surface area contributed by atoms with E-state index in [0.717, 1.165) is 6.42 Å². The van der Waals surface area contributed by atoms with Gasteiger partial charge in [-0.15, -0.1) is 0 Å². The third-order valence-electron chi connectivity index (χ3n) is 4.81. The van der Waals surface area contributed by atoms with Gasteiger partial charge in [-0.2, -0.15) is 0 Å². The Morgan fingerprint density at radius 1 is 1.26 bits per heavy atom. The summed E-state index contributed by atoms with van der Waals surface area (Å²) in [5, 5.41) is 39.2. The van der Waals surface area contributed by atoms with Crippen molar-refractivity contribution < 1.29 is 44.2 Å². The number of allylic oxidation sites excluding steroid dienone is 1. The van der Waals surface area contributed by atoms with E-state index >= 15 is 0 Å². The van der Waals surface area contributed by atoms with Crippen LogP contribution in [0, 0.1) is 5.92 Å². The van der Waals surface area contributed by atoms with Crippen LogP contribution in [-0.4, -0.2) is 77.1 Å². The summed E-state index contributed by atoms with van der Waals surface area (Å²) in [6.07, 6.45) is -3.49. The van der Waals surface area contributed by atoms with E-state index in [4.69, 9.17) is 18.9 Å². The van der Waals surface area contributed by atoms with E-state index in [9.17, 15) is 25.2 Å². The summed E-state index contributed by atoms with van der Waals surface area (Å²) in [6, 6.07) is 0. The first-order chi connectivity index (χ1) is 12.9. The Morgan fingerprint density at radius 2 is 1.96 bits per heavy atom. The second-order valence-corrected chi connectivity index (χ2v) is 6.50. The molecule has 0 bridgehead atoms. The fourth-order valence-electron chi connectivity index (χ4n) is 3.31. The highest BCUT2D eigenvalue weighted by molar-refractivity contribution is 5.89. The molecule has 1 saturated heterocycles. The normalized spacial score (nSPS) is 38.3. The minimum absolute atomic E-state index is 0.295. The van der Waals surface area contributed by atoms with Gasteiger partial charge in [0, 0.05) is 11.5 Å². The van der Waals surface area contributed by atoms with Crippen LogP contribution in [0.2, 0.25) is 0 Å². The topological polar surface area (TPSA) is 135 Å². The predicted molar refractivity (Wildman–Crippen MR) is 92.0 cm³/mol. The standard InChI is InChI=1S/C18H28O9/c1-4-6-10-9(5-2)17(25-8-11(10)16(23)24-3)27-18-15(22)14(21)13(20)12(7-19)26-18/h5,8,10,12-15,17-22H,4,6-7H2,1-3H3/b9-5+/t10?,12-,13+,14+,15+,17?,18-/m1/s1. The molecule has 9 nitrogen and oxygen atoms in total. The summed E-state index contributed by atoms with van der Waals surface area (Å²) in [4.78, 5) is 12.0. The quantitative estimate of drug-likeness (QED) is 0.353. The lowest BCUT2D eigenvalue weighted by Crippen LogP contribution is -2.60. The van der Waals surface area contributed by atoms with Crippen molar-refractivity contribution in [3.8, 4) is 0 Å². The number of esters is 1. The Balaban J connectivity index is 2.22. The van der Waals surface area contributed by atoms with Crippen molar-refractivity contribution in [2.75, 3.05) is 13.7 Å². The molecule has 2 unspecified atom stereocenters. The van der Waals surface area contributed by atoms with Gasteiger partial charge in [0.1, 0.15) is 24.4 Å². The van der Waals surface area contributed by atoms with Crippen molar-refractivity contribution in [1.29, 1.82) is 0 Å². The molecule has 1 fully saturated rings. The maximum atomic E-state index is 12.0. The third-order valence-corrected chi connectivity index (χ3v) is 4.81. The van der Waals surface area contributed by atoms with Crippen molar-refractivity contribution >= 4 is 5.97 Å². The third kappa shape index (κ3) is 4.50. The second-order valence-electron chi connectivity index (χ2n) is 6.50. The average Bonchev–Trinajstić information content (AvgIpc) is 2.68. The van der Waals surface area contributed by atoms with Crippen molar-refractivity contribution in [3.05, 3.63) is 23.5 Å². The van der Waals surface area contributed by atoms with Crippen molar-refractivity contribution in [3.63, 3.8) is 0 Å². The van der Waals surface area contributed by atoms with Gasteiger partial charge in [-0.25, -0.2) is 4.79 Å². The minimum atomic E-state index is -1.55. The lowest BCUT2D eigenvalue weighted by Gasteiger charge is -2.42. The molecule has 0 aliphatic carbocycles. The molecule has 0 saturated carbocycles. The van der Waals surface area contributed by atoms with Gasteiger partial charge in [-0.3, -0.25) is 0 Å². The number of rotatable bonds is 6. The fourth-order valence-corrected chi connectivity index (χ4v) is 3.31. The van der Waals surface area contributed by atoms with Gasteiger partial charge in [-0.05, 0) is 13.3 Å². The Morgan fingerprint density at radius 3 is 2.52 bits per heavy atom. The monoisotopic (exact) mass is 388 g/mol. The van der Waals surface area contributed by atoms with E-state index in [1.807, 2.05) is 6.92 Å². The molecule has 0 aromatic carbocycles. The van der Waals surface area contributed by atoms with Gasteiger partial charge in [-0.1, -0.05) is 19.4 Å². The molecule has 27 heavy (non-hydrogen) atoms. The molecule has 154 valence electrons. The van der Waals surface area contributed by atoms with Crippen LogP contribution in [-0.2, 0) is 23.7 Å². The molecule has 2 aliphatic rings. The van der Waals surface area contributed by atoms with Crippen LogP contribution in [0.4, 0.5) is 0 Å². The lowest BCUT2D eigenvalue weighted by atomic mass is 9.85. The molecule has 0 spiro atoms. The molecule has 0 amide bonds. The van der Waals surface area contributed by atoms with Gasteiger partial charge >= 0.3 is 5.97 Å². The number of carbonyl (C=O) groups excluding carboxylic acids is 1. The van der Waals surface area contributed by atoms with Gasteiger partial charge in [0.2, 0.25) is 6.29 Å². The average molecular weight is 388 g/mol. The summed E-state index contributed by atoms with van der Waals surface area (Å²) in [5.41, 5.74) is 1.01. The molecular weight excluding hydrogens is 360 g/mol. The van der Waals surface area contributed by atoms with Crippen LogP contribution in [0.3, 0.4) is 0 Å². The molecule has 9 heteroatoms. The minimum Gasteiger partial charge on any atom is -0.468 e. The summed E-state index contributed by atoms with van der Waals surface area (Å²) < 4.78 is 21.4. The van der Waals surface area contributed by atoms with E-state index in [1.165, 1.54) is 13.4 Å². The van der Waals surface area contributed by atoms with E-state index < -0.39 is 49.6 Å². The summed E-state index contributed by atoms with van der Waals surface area (Å²) in [5.74, 6) is -0.796. The zero-order chi connectivity index (χ0) is 20.1. The number of aliphatic hydroxyl groups is 4. The van der Waals surface area contributed by atoms with Crippen molar-refractivity contribution in [1.82, 2.24) is 0 Å². The zero-order valence-electron chi connectivity index (χ0n) is 15.6. The maximum Gasteiger partial charge on any atom is 0.337 e. The molecule has 2 aliphatic heterocycles. The first kappa shape index (κ1) is 21.8. The Labute approximate surface area is 157 Å². The van der Waals surface area contributed by atoms with Gasteiger partial charge in [0.25, 0.3) is 0 Å². The summed E-state index contributed by atoms with van der Waals surface area (Å²) in [6.45, 7) is 3.19. The first-order valence-electron chi connectivity index (χ1n) is 8.95. The number of hydrogen-bond acceptors (Lipinski definition) is 9. The van der Waals surface area contributed by atoms with E-state index in [0.29, 0.717) is 17.6 Å². The molecule has 0 aromatic rings. The van der Waals surface area contributed by atoms with E-state index in [2.05, 4.69) is 0 Å². The molecule has 2 rings (SSSR count). The van der Waals surface area contributed by atoms with Crippen LogP contribution in [0.25, 0.3) is 0 Å². The smallest absolute Gasteiger partial charge is 0.337 e. The fraction of sp³-hybridized carbons (Fsp3) is 0.722. The molecule has 4 N–H and O–H groups in total. The Bertz CT molecular complexity index is 571. The Kier molecular flexibility index (Phi) is 7.78. The number of aliphatic hydroxyl groups excluding tert-OH is 4. The van der Waals surface area contributed by atoms with Crippen molar-refractivity contribution in [2.45, 2.75) is 63.7 Å². The van der Waals surface area contributed by atoms with Gasteiger partial charge in [0.05, 0.1) is 25.6 Å². The number of hydrogen-bond donors (Lipinski definition) is 4.